The van der Waals surface area contributed by atoms with Crippen LogP contribution in [0.3, 0.4) is 0 Å². The minimum Gasteiger partial charge on any atom is -0.511 e. The Morgan fingerprint density at radius 3 is 2.12 bits per heavy atom. The summed E-state index contributed by atoms with van der Waals surface area (Å²) in [5, 5.41) is 58.8. The van der Waals surface area contributed by atoms with E-state index in [1.54, 1.807) is 64.1 Å². The average molecular weight is 547 g/mol. The molecule has 40 heavy (non-hydrogen) atoms. The minimum atomic E-state index is -2.90. The van der Waals surface area contributed by atoms with Crippen molar-refractivity contribution in [2.75, 3.05) is 0 Å². The zero-order chi connectivity index (χ0) is 29.7. The van der Waals surface area contributed by atoms with Crippen LogP contribution in [0.15, 0.2) is 65.1 Å². The Hall–Kier alpha value is -3.75. The molecule has 0 fully saturated rings. The van der Waals surface area contributed by atoms with E-state index >= 15 is 0 Å². The molecule has 0 aliphatic heterocycles. The molecule has 0 spiro atoms. The summed E-state index contributed by atoms with van der Waals surface area (Å²) >= 11 is 0. The number of carbonyl (C=O) groups is 3. The average Bonchev–Trinajstić information content (AvgIpc) is 2.89. The van der Waals surface area contributed by atoms with Crippen LogP contribution in [-0.2, 0) is 9.59 Å². The molecule has 8 nitrogen and oxygen atoms in total. The highest BCUT2D eigenvalue weighted by atomic mass is 16.4. The first-order valence-electron chi connectivity index (χ1n) is 13.4. The Bertz CT molecular complexity index is 1550. The lowest BCUT2D eigenvalue weighted by Crippen LogP contribution is -2.73. The molecule has 0 heterocycles. The molecule has 6 atom stereocenters. The van der Waals surface area contributed by atoms with Gasteiger partial charge >= 0.3 is 0 Å². The molecule has 1 unspecified atom stereocenters. The Kier molecular flexibility index (Phi) is 5.99. The van der Waals surface area contributed by atoms with E-state index in [0.29, 0.717) is 16.7 Å². The van der Waals surface area contributed by atoms with Gasteiger partial charge in [-0.1, -0.05) is 77.1 Å². The molecular weight excluding hydrogens is 512 g/mol. The van der Waals surface area contributed by atoms with Gasteiger partial charge in [-0.3, -0.25) is 14.4 Å². The Labute approximate surface area is 232 Å². The van der Waals surface area contributed by atoms with Gasteiger partial charge in [-0.05, 0) is 29.9 Å². The fourth-order valence-electron chi connectivity index (χ4n) is 7.79. The molecule has 8 heteroatoms. The molecule has 2 aromatic rings. The fourth-order valence-corrected chi connectivity index (χ4v) is 7.79. The number of phenolic OH excluding ortho intramolecular Hbond substituents is 1. The standard InChI is InChI=1S/C32H34O8/c1-14(2)22-25(35)20(16(4)33)27(37)32(40)28(38)23-26(36)21-18(15(3)30(23,5)29(39)31(22,32)6)12-13-19(24(21)34)17-10-8-7-9-11-17/h7-15,22,29,34-35,38-40H,1-6H3/t15-,22?,29-,30+,31+,32+/m1/s1. The van der Waals surface area contributed by atoms with Crippen LogP contribution in [0.5, 0.6) is 5.75 Å². The van der Waals surface area contributed by atoms with Gasteiger partial charge < -0.3 is 25.5 Å². The number of fused-ring (bicyclic) bond motifs is 3. The van der Waals surface area contributed by atoms with Crippen molar-refractivity contribution in [2.45, 2.75) is 59.2 Å². The van der Waals surface area contributed by atoms with E-state index in [1.165, 1.54) is 6.92 Å². The van der Waals surface area contributed by atoms with Gasteiger partial charge in [0.2, 0.25) is 5.78 Å². The number of allylic oxidation sites excluding steroid dienone is 1. The quantitative estimate of drug-likeness (QED) is 0.352. The summed E-state index contributed by atoms with van der Waals surface area (Å²) in [6.45, 7) is 9.19. The van der Waals surface area contributed by atoms with Crippen LogP contribution in [0.4, 0.5) is 0 Å². The van der Waals surface area contributed by atoms with Gasteiger partial charge in [0.05, 0.1) is 17.2 Å². The molecule has 2 aromatic carbocycles. The van der Waals surface area contributed by atoms with Crippen LogP contribution in [0, 0.1) is 22.7 Å². The molecule has 0 saturated heterocycles. The third kappa shape index (κ3) is 3.01. The first kappa shape index (κ1) is 27.8. The maximum Gasteiger partial charge on any atom is 0.209 e. The number of hydrogen-bond acceptors (Lipinski definition) is 8. The monoisotopic (exact) mass is 546 g/mol. The number of benzene rings is 2. The number of rotatable bonds is 3. The highest BCUT2D eigenvalue weighted by Crippen LogP contribution is 2.67. The number of aromatic hydroxyl groups is 1. The SMILES string of the molecule is CC(=O)C1=C(O)C(C(C)C)[C@@]2(C)[C@H](O)[C@]3(C)C(=C(O)[C@@]2(O)C1=O)C(=O)c1c(ccc(-c2ccccc2)c1O)[C@H]3C. The van der Waals surface area contributed by atoms with Crippen molar-refractivity contribution >= 4 is 17.3 Å². The zero-order valence-electron chi connectivity index (χ0n) is 23.3. The molecule has 0 amide bonds. The van der Waals surface area contributed by atoms with E-state index in [9.17, 15) is 39.9 Å². The predicted octanol–water partition coefficient (Wildman–Crippen LogP) is 4.55. The number of Topliss-reactive ketones (excluding diaryl/α,β-unsaturated/α-hetero) is 3. The normalized spacial score (nSPS) is 33.6. The lowest BCUT2D eigenvalue weighted by molar-refractivity contribution is -0.211. The van der Waals surface area contributed by atoms with E-state index < -0.39 is 80.3 Å². The molecule has 5 N–H and O–H groups in total. The molecule has 0 saturated carbocycles. The van der Waals surface area contributed by atoms with Crippen molar-refractivity contribution in [3.63, 3.8) is 0 Å². The summed E-state index contributed by atoms with van der Waals surface area (Å²) < 4.78 is 0. The Balaban J connectivity index is 1.86. The number of ketones is 3. The lowest BCUT2D eigenvalue weighted by Gasteiger charge is -2.63. The van der Waals surface area contributed by atoms with Crippen LogP contribution in [-0.4, -0.2) is 54.6 Å². The second-order valence-electron chi connectivity index (χ2n) is 12.1. The summed E-state index contributed by atoms with van der Waals surface area (Å²) in [5.74, 6) is -7.10. The Morgan fingerprint density at radius 2 is 1.57 bits per heavy atom. The van der Waals surface area contributed by atoms with Crippen molar-refractivity contribution in [3.8, 4) is 16.9 Å². The van der Waals surface area contributed by atoms with Gasteiger partial charge in [-0.15, -0.1) is 0 Å². The third-order valence-electron chi connectivity index (χ3n) is 9.92. The van der Waals surface area contributed by atoms with Gasteiger partial charge in [0, 0.05) is 22.3 Å². The smallest absolute Gasteiger partial charge is 0.209 e. The van der Waals surface area contributed by atoms with Crippen molar-refractivity contribution in [1.29, 1.82) is 0 Å². The maximum absolute atomic E-state index is 14.2. The molecule has 0 bridgehead atoms. The van der Waals surface area contributed by atoms with E-state index in [1.807, 2.05) is 6.07 Å². The van der Waals surface area contributed by atoms with Crippen LogP contribution in [0.2, 0.25) is 0 Å². The first-order chi connectivity index (χ1) is 18.6. The topological polar surface area (TPSA) is 152 Å². The number of hydrogen-bond donors (Lipinski definition) is 5. The number of phenols is 1. The second kappa shape index (κ2) is 8.62. The largest absolute Gasteiger partial charge is 0.511 e. The highest BCUT2D eigenvalue weighted by molar-refractivity contribution is 6.25. The first-order valence-corrected chi connectivity index (χ1v) is 13.4. The van der Waals surface area contributed by atoms with Gasteiger partial charge in [0.25, 0.3) is 0 Å². The molecule has 3 aliphatic carbocycles. The van der Waals surface area contributed by atoms with E-state index in [0.717, 1.165) is 6.92 Å². The van der Waals surface area contributed by atoms with E-state index in [-0.39, 0.29) is 11.3 Å². The van der Waals surface area contributed by atoms with E-state index in [4.69, 9.17) is 0 Å². The third-order valence-corrected chi connectivity index (χ3v) is 9.92. The number of aliphatic hydroxyl groups excluding tert-OH is 3. The van der Waals surface area contributed by atoms with Crippen LogP contribution in [0.1, 0.15) is 63.4 Å². The van der Waals surface area contributed by atoms with Gasteiger partial charge in [0.1, 0.15) is 22.8 Å². The zero-order valence-corrected chi connectivity index (χ0v) is 23.3. The van der Waals surface area contributed by atoms with Crippen molar-refractivity contribution in [2.24, 2.45) is 22.7 Å². The summed E-state index contributed by atoms with van der Waals surface area (Å²) in [6.07, 6.45) is -1.65. The fraction of sp³-hybridized carbons (Fsp3) is 0.406. The van der Waals surface area contributed by atoms with Crippen molar-refractivity contribution in [1.82, 2.24) is 0 Å². The van der Waals surface area contributed by atoms with Crippen LogP contribution in [0.25, 0.3) is 11.1 Å². The molecular formula is C32H34O8. The van der Waals surface area contributed by atoms with Crippen molar-refractivity contribution in [3.05, 3.63) is 76.3 Å². The van der Waals surface area contributed by atoms with Crippen LogP contribution < -0.4 is 0 Å². The predicted molar refractivity (Wildman–Crippen MR) is 147 cm³/mol. The summed E-state index contributed by atoms with van der Waals surface area (Å²) in [6, 6.07) is 12.3. The molecule has 3 aliphatic rings. The Morgan fingerprint density at radius 1 is 0.975 bits per heavy atom. The van der Waals surface area contributed by atoms with Gasteiger partial charge in [0.15, 0.2) is 17.2 Å². The maximum atomic E-state index is 14.2. The van der Waals surface area contributed by atoms with Gasteiger partial charge in [-0.2, -0.15) is 0 Å². The highest BCUT2D eigenvalue weighted by Gasteiger charge is 2.76. The van der Waals surface area contributed by atoms with Crippen LogP contribution >= 0.6 is 0 Å². The van der Waals surface area contributed by atoms with Crippen molar-refractivity contribution < 1.29 is 39.9 Å². The molecule has 210 valence electrons. The van der Waals surface area contributed by atoms with E-state index in [2.05, 4.69) is 0 Å². The molecule has 5 rings (SSSR count). The van der Waals surface area contributed by atoms with Gasteiger partial charge in [-0.25, -0.2) is 0 Å². The molecule has 0 aromatic heterocycles. The minimum absolute atomic E-state index is 0.0962. The number of carbonyl (C=O) groups excluding carboxylic acids is 3. The number of aliphatic hydroxyl groups is 4. The summed E-state index contributed by atoms with van der Waals surface area (Å²) in [5.41, 5.74) is -6.08. The summed E-state index contributed by atoms with van der Waals surface area (Å²) in [7, 11) is 0. The molecule has 0 radical (unpaired) electrons. The lowest BCUT2D eigenvalue weighted by atomic mass is 9.41. The summed E-state index contributed by atoms with van der Waals surface area (Å²) in [4.78, 5) is 40.6. The second-order valence-corrected chi connectivity index (χ2v) is 12.1.